The Morgan fingerprint density at radius 1 is 1.25 bits per heavy atom. The zero-order valence-corrected chi connectivity index (χ0v) is 16.9. The topological polar surface area (TPSA) is 68.6 Å². The van der Waals surface area contributed by atoms with Crippen molar-refractivity contribution in [3.63, 3.8) is 0 Å². The van der Waals surface area contributed by atoms with E-state index >= 15 is 0 Å². The van der Waals surface area contributed by atoms with Gasteiger partial charge < -0.3 is 9.30 Å². The average Bonchev–Trinajstić information content (AvgIpc) is 3.07. The molecule has 0 saturated carbocycles. The quantitative estimate of drug-likeness (QED) is 0.429. The van der Waals surface area contributed by atoms with Gasteiger partial charge in [0.15, 0.2) is 0 Å². The second-order valence-electron chi connectivity index (χ2n) is 7.40. The van der Waals surface area contributed by atoms with E-state index in [0.29, 0.717) is 6.54 Å². The third-order valence-electron chi connectivity index (χ3n) is 4.01. The molecule has 0 N–H and O–H groups in total. The molecule has 0 atom stereocenters. The summed E-state index contributed by atoms with van der Waals surface area (Å²) in [6, 6.07) is 7.82. The van der Waals surface area contributed by atoms with Crippen LogP contribution < -0.4 is 0 Å². The lowest BCUT2D eigenvalue weighted by Gasteiger charge is -2.21. The van der Waals surface area contributed by atoms with Crippen molar-refractivity contribution in [1.29, 1.82) is 0 Å². The summed E-state index contributed by atoms with van der Waals surface area (Å²) in [6.45, 7) is 9.21. The number of carbonyl (C=O) groups excluding carboxylic acids is 3. The third-order valence-corrected chi connectivity index (χ3v) is 4.92. The summed E-state index contributed by atoms with van der Waals surface area (Å²) in [5, 5.41) is 0.500. The molecule has 1 aromatic carbocycles. The molecule has 2 heterocycles. The highest BCUT2D eigenvalue weighted by Crippen LogP contribution is 2.34. The number of hydrogen-bond donors (Lipinski definition) is 0. The highest BCUT2D eigenvalue weighted by molar-refractivity contribution is 8.18. The van der Waals surface area contributed by atoms with Crippen molar-refractivity contribution >= 4 is 45.9 Å². The van der Waals surface area contributed by atoms with Gasteiger partial charge in [0, 0.05) is 29.2 Å². The van der Waals surface area contributed by atoms with Crippen molar-refractivity contribution in [2.45, 2.75) is 32.9 Å². The Labute approximate surface area is 167 Å². The molecule has 1 fully saturated rings. The standard InChI is InChI=1S/C21H22N2O4S/c1-5-10-22-12-14(15-8-6-7-9-16(15)22)11-17-19(25)23(20(26)28-17)13-18(24)27-21(2,3)4/h5-9,11-12H,1,10,13H2,2-4H3. The number of rotatable bonds is 5. The van der Waals surface area contributed by atoms with Gasteiger partial charge in [-0.1, -0.05) is 24.3 Å². The van der Waals surface area contributed by atoms with Gasteiger partial charge in [0.25, 0.3) is 11.1 Å². The lowest BCUT2D eigenvalue weighted by atomic mass is 10.1. The molecule has 0 spiro atoms. The molecule has 1 aromatic heterocycles. The number of benzene rings is 1. The summed E-state index contributed by atoms with van der Waals surface area (Å²) in [5.41, 5.74) is 1.17. The zero-order valence-electron chi connectivity index (χ0n) is 16.1. The molecule has 2 amide bonds. The van der Waals surface area contributed by atoms with Crippen molar-refractivity contribution in [1.82, 2.24) is 9.47 Å². The number of fused-ring (bicyclic) bond motifs is 1. The van der Waals surface area contributed by atoms with E-state index in [2.05, 4.69) is 6.58 Å². The first-order valence-corrected chi connectivity index (χ1v) is 9.67. The first-order chi connectivity index (χ1) is 13.2. The van der Waals surface area contributed by atoms with E-state index in [0.717, 1.165) is 33.1 Å². The van der Waals surface area contributed by atoms with Crippen LogP contribution in [0, 0.1) is 0 Å². The number of nitrogens with zero attached hydrogens (tertiary/aromatic N) is 2. The maximum atomic E-state index is 12.7. The van der Waals surface area contributed by atoms with E-state index < -0.39 is 29.3 Å². The fourth-order valence-corrected chi connectivity index (χ4v) is 3.79. The molecule has 0 unspecified atom stereocenters. The largest absolute Gasteiger partial charge is 0.459 e. The number of para-hydroxylation sites is 1. The van der Waals surface area contributed by atoms with Crippen LogP contribution in [0.15, 0.2) is 48.0 Å². The summed E-state index contributed by atoms with van der Waals surface area (Å²) in [4.78, 5) is 38.2. The minimum atomic E-state index is -0.679. The molecule has 1 aliphatic rings. The first-order valence-electron chi connectivity index (χ1n) is 8.85. The highest BCUT2D eigenvalue weighted by atomic mass is 32.2. The molecule has 146 valence electrons. The number of carbonyl (C=O) groups is 3. The number of ether oxygens (including phenoxy) is 1. The molecule has 0 aliphatic carbocycles. The Kier molecular flexibility index (Phi) is 5.47. The fourth-order valence-electron chi connectivity index (χ4n) is 2.96. The number of hydrogen-bond acceptors (Lipinski definition) is 5. The van der Waals surface area contributed by atoms with E-state index in [1.54, 1.807) is 32.9 Å². The SMILES string of the molecule is C=CCn1cc(C=C2SC(=O)N(CC(=O)OC(C)(C)C)C2=O)c2ccccc21. The van der Waals surface area contributed by atoms with Gasteiger partial charge in [0.05, 0.1) is 4.91 Å². The van der Waals surface area contributed by atoms with E-state index in [1.807, 2.05) is 35.0 Å². The van der Waals surface area contributed by atoms with Gasteiger partial charge in [-0.3, -0.25) is 19.3 Å². The van der Waals surface area contributed by atoms with Gasteiger partial charge in [-0.25, -0.2) is 0 Å². The number of esters is 1. The van der Waals surface area contributed by atoms with Crippen LogP contribution in [0.4, 0.5) is 4.79 Å². The molecule has 2 aromatic rings. The maximum absolute atomic E-state index is 12.7. The summed E-state index contributed by atoms with van der Waals surface area (Å²) in [7, 11) is 0. The van der Waals surface area contributed by atoms with Crippen LogP contribution in [-0.2, 0) is 20.9 Å². The Morgan fingerprint density at radius 2 is 1.96 bits per heavy atom. The van der Waals surface area contributed by atoms with Crippen molar-refractivity contribution in [2.24, 2.45) is 0 Å². The van der Waals surface area contributed by atoms with Crippen LogP contribution in [-0.4, -0.2) is 38.7 Å². The van der Waals surface area contributed by atoms with E-state index in [1.165, 1.54) is 0 Å². The number of thioether (sulfide) groups is 1. The highest BCUT2D eigenvalue weighted by Gasteiger charge is 2.37. The molecular weight excluding hydrogens is 376 g/mol. The van der Waals surface area contributed by atoms with E-state index in [9.17, 15) is 14.4 Å². The smallest absolute Gasteiger partial charge is 0.326 e. The molecule has 6 nitrogen and oxygen atoms in total. The minimum absolute atomic E-state index is 0.287. The maximum Gasteiger partial charge on any atom is 0.326 e. The van der Waals surface area contributed by atoms with Crippen molar-refractivity contribution in [3.05, 3.63) is 53.6 Å². The normalized spacial score (nSPS) is 16.2. The average molecular weight is 398 g/mol. The van der Waals surface area contributed by atoms with Gasteiger partial charge in [0.2, 0.25) is 0 Å². The number of allylic oxidation sites excluding steroid dienone is 1. The third kappa shape index (κ3) is 4.20. The number of amides is 2. The first kappa shape index (κ1) is 19.9. The second-order valence-corrected chi connectivity index (χ2v) is 8.39. The summed E-state index contributed by atoms with van der Waals surface area (Å²) >= 11 is 0.829. The monoisotopic (exact) mass is 398 g/mol. The lowest BCUT2D eigenvalue weighted by molar-refractivity contribution is -0.156. The summed E-state index contributed by atoms with van der Waals surface area (Å²) in [5.74, 6) is -1.10. The van der Waals surface area contributed by atoms with Crippen LogP contribution >= 0.6 is 11.8 Å². The number of imide groups is 1. The molecule has 3 rings (SSSR count). The fraction of sp³-hybridized carbons (Fsp3) is 0.286. The molecule has 0 bridgehead atoms. The molecule has 1 saturated heterocycles. The second kappa shape index (κ2) is 7.67. The van der Waals surface area contributed by atoms with Gasteiger partial charge in [-0.05, 0) is 44.7 Å². The summed E-state index contributed by atoms with van der Waals surface area (Å²) in [6.07, 6.45) is 5.42. The van der Waals surface area contributed by atoms with Crippen LogP contribution in [0.1, 0.15) is 26.3 Å². The van der Waals surface area contributed by atoms with Gasteiger partial charge in [-0.2, -0.15) is 0 Å². The van der Waals surface area contributed by atoms with Crippen LogP contribution in [0.3, 0.4) is 0 Å². The lowest BCUT2D eigenvalue weighted by Crippen LogP contribution is -2.37. The predicted molar refractivity (Wildman–Crippen MR) is 111 cm³/mol. The van der Waals surface area contributed by atoms with Crippen LogP contribution in [0.5, 0.6) is 0 Å². The number of aromatic nitrogens is 1. The van der Waals surface area contributed by atoms with Crippen molar-refractivity contribution in [3.8, 4) is 0 Å². The van der Waals surface area contributed by atoms with Crippen molar-refractivity contribution in [2.75, 3.05) is 6.54 Å². The zero-order chi connectivity index (χ0) is 20.5. The molecule has 28 heavy (non-hydrogen) atoms. The minimum Gasteiger partial charge on any atom is -0.459 e. The van der Waals surface area contributed by atoms with Gasteiger partial charge >= 0.3 is 5.97 Å². The molecule has 7 heteroatoms. The molecular formula is C21H22N2O4S. The van der Waals surface area contributed by atoms with E-state index in [-0.39, 0.29) is 4.91 Å². The predicted octanol–water partition coefficient (Wildman–Crippen LogP) is 4.21. The van der Waals surface area contributed by atoms with Crippen LogP contribution in [0.2, 0.25) is 0 Å². The van der Waals surface area contributed by atoms with Crippen LogP contribution in [0.25, 0.3) is 17.0 Å². The van der Waals surface area contributed by atoms with Gasteiger partial charge in [0.1, 0.15) is 12.1 Å². The molecule has 0 radical (unpaired) electrons. The Balaban J connectivity index is 1.87. The Bertz CT molecular complexity index is 997. The van der Waals surface area contributed by atoms with E-state index in [4.69, 9.17) is 4.74 Å². The molecule has 1 aliphatic heterocycles. The Morgan fingerprint density at radius 3 is 2.64 bits per heavy atom. The van der Waals surface area contributed by atoms with Gasteiger partial charge in [-0.15, -0.1) is 6.58 Å². The Hall–Kier alpha value is -2.80. The summed E-state index contributed by atoms with van der Waals surface area (Å²) < 4.78 is 7.24. The van der Waals surface area contributed by atoms with Crippen molar-refractivity contribution < 1.29 is 19.1 Å².